The van der Waals surface area contributed by atoms with Crippen molar-refractivity contribution in [2.75, 3.05) is 14.1 Å². The van der Waals surface area contributed by atoms with Crippen LogP contribution in [0.2, 0.25) is 0 Å². The van der Waals surface area contributed by atoms with Gasteiger partial charge < -0.3 is 15.5 Å². The molecule has 0 saturated heterocycles. The maximum absolute atomic E-state index is 12.5. The number of nitrogens with zero attached hydrogens (tertiary/aromatic N) is 1. The predicted molar refractivity (Wildman–Crippen MR) is 81.7 cm³/mol. The molecular weight excluding hydrogens is 266 g/mol. The second-order valence-electron chi connectivity index (χ2n) is 5.63. The van der Waals surface area contributed by atoms with E-state index >= 15 is 0 Å². The zero-order valence-corrected chi connectivity index (χ0v) is 13.1. The number of benzene rings is 1. The van der Waals surface area contributed by atoms with Crippen LogP contribution in [-0.2, 0) is 4.79 Å². The third kappa shape index (κ3) is 2.91. The number of urea groups is 1. The smallest absolute Gasteiger partial charge is 0.319 e. The lowest BCUT2D eigenvalue weighted by atomic mass is 9.90. The molecule has 2 rings (SSSR count). The van der Waals surface area contributed by atoms with E-state index in [2.05, 4.69) is 10.6 Å². The Morgan fingerprint density at radius 1 is 1.19 bits per heavy atom. The summed E-state index contributed by atoms with van der Waals surface area (Å²) < 4.78 is 0. The molecule has 3 amide bonds. The van der Waals surface area contributed by atoms with E-state index in [1.54, 1.807) is 21.0 Å². The summed E-state index contributed by atoms with van der Waals surface area (Å²) >= 11 is 0. The Balaban J connectivity index is 2.58. The summed E-state index contributed by atoms with van der Waals surface area (Å²) in [5.74, 6) is -0.106. The van der Waals surface area contributed by atoms with Crippen molar-refractivity contribution in [3.63, 3.8) is 0 Å². The minimum absolute atomic E-state index is 0.106. The first-order valence-electron chi connectivity index (χ1n) is 6.88. The van der Waals surface area contributed by atoms with Gasteiger partial charge >= 0.3 is 6.03 Å². The first-order valence-corrected chi connectivity index (χ1v) is 6.88. The van der Waals surface area contributed by atoms with E-state index in [1.807, 2.05) is 32.0 Å². The first-order chi connectivity index (χ1) is 9.81. The molecule has 0 saturated carbocycles. The van der Waals surface area contributed by atoms with Crippen LogP contribution >= 0.6 is 0 Å². The van der Waals surface area contributed by atoms with Crippen molar-refractivity contribution < 1.29 is 9.59 Å². The van der Waals surface area contributed by atoms with Crippen LogP contribution in [0.5, 0.6) is 0 Å². The summed E-state index contributed by atoms with van der Waals surface area (Å²) in [5.41, 5.74) is 4.27. The summed E-state index contributed by atoms with van der Waals surface area (Å²) in [7, 11) is 3.42. The molecule has 1 heterocycles. The fourth-order valence-electron chi connectivity index (χ4n) is 2.52. The second kappa shape index (κ2) is 5.60. The number of nitrogens with one attached hydrogen (secondary N) is 2. The number of allylic oxidation sites excluding steroid dienone is 1. The van der Waals surface area contributed by atoms with Gasteiger partial charge in [0.05, 0.1) is 11.6 Å². The molecule has 1 atom stereocenters. The molecule has 0 fully saturated rings. The molecule has 112 valence electrons. The van der Waals surface area contributed by atoms with Gasteiger partial charge in [-0.25, -0.2) is 4.79 Å². The van der Waals surface area contributed by atoms with Gasteiger partial charge in [-0.05, 0) is 31.9 Å². The van der Waals surface area contributed by atoms with E-state index < -0.39 is 6.04 Å². The lowest BCUT2D eigenvalue weighted by Crippen LogP contribution is -2.47. The summed E-state index contributed by atoms with van der Waals surface area (Å²) in [4.78, 5) is 25.8. The average Bonchev–Trinajstić information content (AvgIpc) is 2.40. The third-order valence-corrected chi connectivity index (χ3v) is 3.65. The van der Waals surface area contributed by atoms with Crippen molar-refractivity contribution in [3.05, 3.63) is 46.2 Å². The van der Waals surface area contributed by atoms with Crippen LogP contribution in [-0.4, -0.2) is 30.9 Å². The molecule has 5 nitrogen and oxygen atoms in total. The van der Waals surface area contributed by atoms with Crippen LogP contribution < -0.4 is 10.6 Å². The molecule has 2 N–H and O–H groups in total. The van der Waals surface area contributed by atoms with Crippen LogP contribution in [0, 0.1) is 13.8 Å². The largest absolute Gasteiger partial charge is 0.345 e. The predicted octanol–water partition coefficient (Wildman–Crippen LogP) is 2.02. The van der Waals surface area contributed by atoms with E-state index in [4.69, 9.17) is 0 Å². The highest BCUT2D eigenvalue weighted by atomic mass is 16.2. The second-order valence-corrected chi connectivity index (χ2v) is 5.63. The molecular formula is C16H21N3O2. The highest BCUT2D eigenvalue weighted by Crippen LogP contribution is 2.30. The van der Waals surface area contributed by atoms with Gasteiger partial charge in [-0.1, -0.05) is 23.8 Å². The van der Waals surface area contributed by atoms with Crippen LogP contribution in [0.25, 0.3) is 0 Å². The number of hydrogen-bond acceptors (Lipinski definition) is 2. The Hall–Kier alpha value is -2.30. The Morgan fingerprint density at radius 2 is 1.86 bits per heavy atom. The fourth-order valence-corrected chi connectivity index (χ4v) is 2.52. The molecule has 0 aliphatic carbocycles. The highest BCUT2D eigenvalue weighted by Gasteiger charge is 2.32. The van der Waals surface area contributed by atoms with E-state index in [-0.39, 0.29) is 11.9 Å². The summed E-state index contributed by atoms with van der Waals surface area (Å²) in [6, 6.07) is 5.33. The lowest BCUT2D eigenvalue weighted by Gasteiger charge is -2.31. The van der Waals surface area contributed by atoms with Crippen LogP contribution in [0.15, 0.2) is 29.5 Å². The number of hydrogen-bond donors (Lipinski definition) is 2. The zero-order valence-electron chi connectivity index (χ0n) is 13.1. The Bertz CT molecular complexity index is 632. The van der Waals surface area contributed by atoms with Gasteiger partial charge in [0.1, 0.15) is 0 Å². The Morgan fingerprint density at radius 3 is 2.48 bits per heavy atom. The lowest BCUT2D eigenvalue weighted by molar-refractivity contribution is -0.125. The van der Waals surface area contributed by atoms with Crippen molar-refractivity contribution in [1.82, 2.24) is 15.5 Å². The average molecular weight is 287 g/mol. The topological polar surface area (TPSA) is 61.4 Å². The van der Waals surface area contributed by atoms with Crippen LogP contribution in [0.4, 0.5) is 4.79 Å². The maximum Gasteiger partial charge on any atom is 0.319 e. The maximum atomic E-state index is 12.5. The van der Waals surface area contributed by atoms with Gasteiger partial charge in [-0.2, -0.15) is 0 Å². The normalized spacial score (nSPS) is 18.1. The molecule has 21 heavy (non-hydrogen) atoms. The molecule has 1 aliphatic heterocycles. The van der Waals surface area contributed by atoms with Crippen molar-refractivity contribution in [1.29, 1.82) is 0 Å². The van der Waals surface area contributed by atoms with Crippen molar-refractivity contribution in [2.24, 2.45) is 0 Å². The van der Waals surface area contributed by atoms with Gasteiger partial charge in [0.15, 0.2) is 0 Å². The number of aryl methyl sites for hydroxylation is 2. The first kappa shape index (κ1) is 15.1. The van der Waals surface area contributed by atoms with E-state index in [9.17, 15) is 9.59 Å². The number of amides is 3. The molecule has 0 radical (unpaired) electrons. The molecule has 0 unspecified atom stereocenters. The molecule has 1 aromatic carbocycles. The Labute approximate surface area is 125 Å². The molecule has 0 bridgehead atoms. The summed E-state index contributed by atoms with van der Waals surface area (Å²) in [5, 5.41) is 5.54. The quantitative estimate of drug-likeness (QED) is 0.874. The molecule has 0 aromatic heterocycles. The van der Waals surface area contributed by atoms with E-state index in [0.29, 0.717) is 11.3 Å². The zero-order chi connectivity index (χ0) is 15.7. The van der Waals surface area contributed by atoms with Crippen molar-refractivity contribution >= 4 is 11.9 Å². The van der Waals surface area contributed by atoms with Gasteiger partial charge in [0.2, 0.25) is 0 Å². The standard InChI is InChI=1S/C16H21N3O2/c1-9-6-7-10(2)12(8-9)14-13(15(20)19(4)5)11(3)17-16(21)18-14/h6-8,14H,1-5H3,(H2,17,18,21)/t14-/m0/s1. The SMILES string of the molecule is CC1=C(C(=O)N(C)C)[C@H](c2cc(C)ccc2C)NC(=O)N1. The minimum atomic E-state index is -0.423. The number of carbonyl (C=O) groups is 2. The van der Waals surface area contributed by atoms with Gasteiger partial charge in [0, 0.05) is 19.8 Å². The van der Waals surface area contributed by atoms with Crippen molar-refractivity contribution in [3.8, 4) is 0 Å². The van der Waals surface area contributed by atoms with Crippen molar-refractivity contribution in [2.45, 2.75) is 26.8 Å². The number of carbonyl (C=O) groups excluding carboxylic acids is 2. The molecule has 0 spiro atoms. The van der Waals surface area contributed by atoms with Gasteiger partial charge in [-0.3, -0.25) is 4.79 Å². The molecule has 1 aliphatic rings. The number of likely N-dealkylation sites (N-methyl/N-ethyl adjacent to an activating group) is 1. The van der Waals surface area contributed by atoms with Crippen LogP contribution in [0.1, 0.15) is 29.7 Å². The number of rotatable bonds is 2. The van der Waals surface area contributed by atoms with Gasteiger partial charge in [-0.15, -0.1) is 0 Å². The van der Waals surface area contributed by atoms with Gasteiger partial charge in [0.25, 0.3) is 5.91 Å². The summed E-state index contributed by atoms with van der Waals surface area (Å²) in [6.07, 6.45) is 0. The van der Waals surface area contributed by atoms with E-state index in [0.717, 1.165) is 16.7 Å². The molecule has 1 aromatic rings. The minimum Gasteiger partial charge on any atom is -0.345 e. The third-order valence-electron chi connectivity index (χ3n) is 3.65. The highest BCUT2D eigenvalue weighted by molar-refractivity contribution is 5.98. The van der Waals surface area contributed by atoms with Crippen LogP contribution in [0.3, 0.4) is 0 Å². The van der Waals surface area contributed by atoms with E-state index in [1.165, 1.54) is 4.90 Å². The summed E-state index contributed by atoms with van der Waals surface area (Å²) in [6.45, 7) is 5.74. The molecule has 5 heteroatoms. The fraction of sp³-hybridized carbons (Fsp3) is 0.375. The Kier molecular flexibility index (Phi) is 4.02. The monoisotopic (exact) mass is 287 g/mol.